The Morgan fingerprint density at radius 3 is 1.71 bits per heavy atom. The molecule has 1 rings (SSSR count). The molecule has 0 N–H and O–H groups in total. The molecule has 0 nitrogen and oxygen atoms in total. The third kappa shape index (κ3) is 0.724. The zero-order valence-corrected chi connectivity index (χ0v) is 6.84. The van der Waals surface area contributed by atoms with E-state index in [1.54, 1.807) is 0 Å². The highest BCUT2D eigenvalue weighted by atomic mass is 35.6. The number of hydrogen-bond acceptors (Lipinski definition) is 0. The van der Waals surface area contributed by atoms with E-state index < -0.39 is 7.38 Å². The van der Waals surface area contributed by atoms with E-state index in [1.165, 1.54) is 6.04 Å². The van der Waals surface area contributed by atoms with Crippen LogP contribution in [0.2, 0.25) is 17.6 Å². The fourth-order valence-electron chi connectivity index (χ4n) is 0.786. The Morgan fingerprint density at radius 1 is 1.57 bits per heavy atom. The van der Waals surface area contributed by atoms with E-state index >= 15 is 0 Å². The van der Waals surface area contributed by atoms with Crippen molar-refractivity contribution in [3.63, 3.8) is 0 Å². The molecule has 1 heterocycles. The molecule has 0 amide bonds. The molecule has 2 heteroatoms. The van der Waals surface area contributed by atoms with Gasteiger partial charge in [-0.15, -0.1) is 0 Å². The summed E-state index contributed by atoms with van der Waals surface area (Å²) in [5, 5.41) is 0.550. The van der Waals surface area contributed by atoms with Crippen LogP contribution >= 0.6 is 11.1 Å². The molecule has 1 aliphatic rings. The van der Waals surface area contributed by atoms with Crippen LogP contribution in [0, 0.1) is 0 Å². The van der Waals surface area contributed by atoms with E-state index in [0.29, 0.717) is 5.04 Å². The van der Waals surface area contributed by atoms with E-state index in [4.69, 9.17) is 11.1 Å². The topological polar surface area (TPSA) is 0 Å². The van der Waals surface area contributed by atoms with Crippen LogP contribution in [-0.2, 0) is 0 Å². The summed E-state index contributed by atoms with van der Waals surface area (Å²) in [5.41, 5.74) is 0. The third-order valence-electron chi connectivity index (χ3n) is 2.06. The maximum absolute atomic E-state index is 6.07. The van der Waals surface area contributed by atoms with Gasteiger partial charge in [-0.05, 0) is 11.1 Å². The average Bonchev–Trinajstić information content (AvgIpc) is 1.63. The second kappa shape index (κ2) is 1.08. The van der Waals surface area contributed by atoms with Gasteiger partial charge in [-0.2, -0.15) is 11.1 Å². The highest BCUT2D eigenvalue weighted by molar-refractivity contribution is 7.27. The molecule has 0 bridgehead atoms. The first kappa shape index (κ1) is 5.64. The monoisotopic (exact) mass is 134 g/mol. The molecular weight excluding hydrogens is 124 g/mol. The molecule has 1 aliphatic heterocycles. The first-order valence-corrected chi connectivity index (χ1v) is 6.37. The van der Waals surface area contributed by atoms with Crippen molar-refractivity contribution in [2.24, 2.45) is 0 Å². The van der Waals surface area contributed by atoms with E-state index in [9.17, 15) is 0 Å². The van der Waals surface area contributed by atoms with Crippen LogP contribution in [0.1, 0.15) is 13.8 Å². The second-order valence-electron chi connectivity index (χ2n) is 3.26. The minimum absolute atomic E-state index is 0.550. The normalized spacial score (nSPS) is 46.3. The van der Waals surface area contributed by atoms with E-state index in [2.05, 4.69) is 20.4 Å². The molecule has 0 saturated carbocycles. The van der Waals surface area contributed by atoms with Gasteiger partial charge in [-0.3, -0.25) is 0 Å². The van der Waals surface area contributed by atoms with Crippen LogP contribution in [-0.4, -0.2) is 7.38 Å². The lowest BCUT2D eigenvalue weighted by Gasteiger charge is -1.99. The van der Waals surface area contributed by atoms with Gasteiger partial charge >= 0.3 is 0 Å². The van der Waals surface area contributed by atoms with Crippen molar-refractivity contribution >= 4 is 18.5 Å². The van der Waals surface area contributed by atoms with Crippen molar-refractivity contribution in [1.29, 1.82) is 0 Å². The van der Waals surface area contributed by atoms with Crippen LogP contribution in [0.15, 0.2) is 0 Å². The maximum Gasteiger partial charge on any atom is 0.159 e. The summed E-state index contributed by atoms with van der Waals surface area (Å²) in [6, 6.07) is 1.31. The molecule has 0 aromatic heterocycles. The summed E-state index contributed by atoms with van der Waals surface area (Å²) < 4.78 is 0. The summed E-state index contributed by atoms with van der Waals surface area (Å²) in [6.45, 7) is 6.74. The minimum atomic E-state index is -1.12. The first-order chi connectivity index (χ1) is 2.96. The Balaban J connectivity index is 2.59. The van der Waals surface area contributed by atoms with Crippen molar-refractivity contribution in [3.05, 3.63) is 0 Å². The molecular formula is C5H11ClSi. The largest absolute Gasteiger partial charge is 0.167 e. The molecule has 0 aromatic rings. The first-order valence-electron chi connectivity index (χ1n) is 2.65. The van der Waals surface area contributed by atoms with Crippen molar-refractivity contribution in [2.75, 3.05) is 0 Å². The van der Waals surface area contributed by atoms with E-state index in [1.807, 2.05) is 0 Å². The quantitative estimate of drug-likeness (QED) is 0.353. The van der Waals surface area contributed by atoms with Gasteiger partial charge in [0.2, 0.25) is 0 Å². The zero-order chi connectivity index (χ0) is 5.71. The van der Waals surface area contributed by atoms with E-state index in [0.717, 1.165) is 0 Å². The van der Waals surface area contributed by atoms with Crippen molar-refractivity contribution in [1.82, 2.24) is 0 Å². The van der Waals surface area contributed by atoms with Gasteiger partial charge in [-0.25, -0.2) is 0 Å². The molecule has 1 unspecified atom stereocenters. The molecule has 42 valence electrons. The van der Waals surface area contributed by atoms with Crippen LogP contribution in [0.4, 0.5) is 0 Å². The molecule has 0 radical (unpaired) electrons. The lowest BCUT2D eigenvalue weighted by atomic mass is 10.3. The second-order valence-corrected chi connectivity index (χ2v) is 9.86. The zero-order valence-electron chi connectivity index (χ0n) is 5.09. The highest BCUT2D eigenvalue weighted by Gasteiger charge is 2.58. The van der Waals surface area contributed by atoms with Crippen LogP contribution in [0.25, 0.3) is 0 Å². The Hall–Kier alpha value is 0.507. The lowest BCUT2D eigenvalue weighted by Crippen LogP contribution is -2.01. The number of hydrogen-bond donors (Lipinski definition) is 0. The molecule has 0 aliphatic carbocycles. The van der Waals surface area contributed by atoms with Crippen molar-refractivity contribution < 1.29 is 0 Å². The highest BCUT2D eigenvalue weighted by Crippen LogP contribution is 2.63. The Morgan fingerprint density at radius 2 is 1.71 bits per heavy atom. The smallest absolute Gasteiger partial charge is 0.159 e. The molecule has 7 heavy (non-hydrogen) atoms. The average molecular weight is 135 g/mol. The van der Waals surface area contributed by atoms with Crippen LogP contribution in [0.5, 0.6) is 0 Å². The molecule has 1 atom stereocenters. The van der Waals surface area contributed by atoms with Crippen molar-refractivity contribution in [2.45, 2.75) is 31.5 Å². The van der Waals surface area contributed by atoms with Gasteiger partial charge < -0.3 is 0 Å². The fraction of sp³-hybridized carbons (Fsp3) is 1.00. The summed E-state index contributed by atoms with van der Waals surface area (Å²) in [4.78, 5) is 0. The van der Waals surface area contributed by atoms with Crippen LogP contribution < -0.4 is 0 Å². The summed E-state index contributed by atoms with van der Waals surface area (Å²) in [7, 11) is -1.12. The Bertz CT molecular complexity index is 84.3. The van der Waals surface area contributed by atoms with Gasteiger partial charge in [0, 0.05) is 0 Å². The van der Waals surface area contributed by atoms with Gasteiger partial charge in [-0.1, -0.05) is 20.4 Å². The predicted octanol–water partition coefficient (Wildman–Crippen LogP) is 2.59. The predicted molar refractivity (Wildman–Crippen MR) is 36.3 cm³/mol. The maximum atomic E-state index is 6.07. The molecule has 0 spiro atoms. The molecule has 0 aromatic carbocycles. The minimum Gasteiger partial charge on any atom is -0.167 e. The van der Waals surface area contributed by atoms with Crippen molar-refractivity contribution in [3.8, 4) is 0 Å². The lowest BCUT2D eigenvalue weighted by molar-refractivity contribution is 0.867. The summed E-state index contributed by atoms with van der Waals surface area (Å²) in [6.07, 6.45) is 0. The molecule has 1 fully saturated rings. The molecule has 1 saturated heterocycles. The number of rotatable bonds is 0. The summed E-state index contributed by atoms with van der Waals surface area (Å²) >= 11 is 6.07. The SMILES string of the molecule is CC1(C)C[Si]1(C)Cl. The van der Waals surface area contributed by atoms with Gasteiger partial charge in [0.1, 0.15) is 0 Å². The number of halogens is 1. The fourth-order valence-corrected chi connectivity index (χ4v) is 4.49. The van der Waals surface area contributed by atoms with Gasteiger partial charge in [0.25, 0.3) is 0 Å². The van der Waals surface area contributed by atoms with Gasteiger partial charge in [0.15, 0.2) is 7.38 Å². The van der Waals surface area contributed by atoms with E-state index in [-0.39, 0.29) is 0 Å². The van der Waals surface area contributed by atoms with Crippen LogP contribution in [0.3, 0.4) is 0 Å². The Kier molecular flexibility index (Phi) is 0.871. The summed E-state index contributed by atoms with van der Waals surface area (Å²) in [5.74, 6) is 0. The van der Waals surface area contributed by atoms with Gasteiger partial charge in [0.05, 0.1) is 0 Å². The third-order valence-corrected chi connectivity index (χ3v) is 8.12. The Labute approximate surface area is 50.6 Å². The standard InChI is InChI=1S/C5H11ClSi/c1-5(2)4-7(5,3)6/h4H2,1-3H3.